The van der Waals surface area contributed by atoms with Crippen LogP contribution in [0.5, 0.6) is 5.75 Å². The highest BCUT2D eigenvalue weighted by atomic mass is 19.3. The Morgan fingerprint density at radius 1 is 1.53 bits per heavy atom. The van der Waals surface area contributed by atoms with Gasteiger partial charge in [0, 0.05) is 13.1 Å². The second kappa shape index (κ2) is 5.83. The zero-order valence-electron chi connectivity index (χ0n) is 10.0. The quantitative estimate of drug-likeness (QED) is 0.760. The number of fused-ring (bicyclic) bond motifs is 1. The molecule has 1 atom stereocenters. The minimum atomic E-state index is -2.89. The van der Waals surface area contributed by atoms with Gasteiger partial charge in [-0.1, -0.05) is 6.07 Å². The van der Waals surface area contributed by atoms with E-state index in [-0.39, 0.29) is 5.56 Å². The van der Waals surface area contributed by atoms with Gasteiger partial charge in [0.15, 0.2) is 5.75 Å². The van der Waals surface area contributed by atoms with Gasteiger partial charge in [-0.05, 0) is 12.1 Å². The third-order valence-corrected chi connectivity index (χ3v) is 2.69. The van der Waals surface area contributed by atoms with Gasteiger partial charge in [-0.15, -0.1) is 0 Å². The first-order chi connectivity index (χ1) is 9.09. The average Bonchev–Trinajstić information content (AvgIpc) is 2.43. The Bertz CT molecular complexity index is 468. The first kappa shape index (κ1) is 13.5. The number of hydrogen-bond donors (Lipinski definition) is 3. The van der Waals surface area contributed by atoms with Crippen molar-refractivity contribution >= 4 is 11.6 Å². The molecular weight excluding hydrogens is 258 g/mol. The Morgan fingerprint density at radius 2 is 2.32 bits per heavy atom. The molecule has 3 N–H and O–H groups in total. The van der Waals surface area contributed by atoms with E-state index in [9.17, 15) is 13.6 Å². The summed E-state index contributed by atoms with van der Waals surface area (Å²) in [6.07, 6.45) is -4.76. The van der Waals surface area contributed by atoms with E-state index in [0.29, 0.717) is 24.6 Å². The number of hydrogen-bond acceptors (Lipinski definition) is 4. The number of aliphatic hydroxyl groups is 1. The number of carbonyl (C=O) groups excluding carboxylic acids is 1. The van der Waals surface area contributed by atoms with Gasteiger partial charge < -0.3 is 20.5 Å². The maximum atomic E-state index is 12.1. The van der Waals surface area contributed by atoms with E-state index in [2.05, 4.69) is 10.6 Å². The molecule has 5 nitrogen and oxygen atoms in total. The predicted molar refractivity (Wildman–Crippen MR) is 64.8 cm³/mol. The molecule has 0 fully saturated rings. The minimum Gasteiger partial charge on any atom is -0.489 e. The fourth-order valence-corrected chi connectivity index (χ4v) is 1.73. The number of nitrogens with one attached hydrogen (secondary N) is 2. The number of benzene rings is 1. The SMILES string of the molecule is O=C(NCC(O)C(F)F)c1cccc2c1OCCN2. The lowest BCUT2D eigenvalue weighted by Crippen LogP contribution is -2.36. The molecule has 1 aromatic carbocycles. The van der Waals surface area contributed by atoms with Crippen molar-refractivity contribution < 1.29 is 23.4 Å². The maximum Gasteiger partial charge on any atom is 0.265 e. The molecule has 0 spiro atoms. The van der Waals surface area contributed by atoms with Gasteiger partial charge in [-0.3, -0.25) is 4.79 Å². The van der Waals surface area contributed by atoms with Crippen molar-refractivity contribution in [3.63, 3.8) is 0 Å². The van der Waals surface area contributed by atoms with Crippen molar-refractivity contribution in [2.75, 3.05) is 25.0 Å². The summed E-state index contributed by atoms with van der Waals surface area (Å²) in [4.78, 5) is 11.9. The second-order valence-electron chi connectivity index (χ2n) is 4.07. The number of ether oxygens (including phenoxy) is 1. The maximum absolute atomic E-state index is 12.1. The highest BCUT2D eigenvalue weighted by molar-refractivity contribution is 5.99. The fraction of sp³-hybridized carbons (Fsp3) is 0.417. The van der Waals surface area contributed by atoms with E-state index in [0.717, 1.165) is 0 Å². The Balaban J connectivity index is 2.07. The standard InChI is InChI=1S/C12H14F2N2O3/c13-11(14)9(17)6-16-12(18)7-2-1-3-8-10(7)19-5-4-15-8/h1-3,9,11,15,17H,4-6H2,(H,16,18). The Hall–Kier alpha value is -1.89. The summed E-state index contributed by atoms with van der Waals surface area (Å²) in [7, 11) is 0. The summed E-state index contributed by atoms with van der Waals surface area (Å²) < 4.78 is 29.6. The topological polar surface area (TPSA) is 70.6 Å². The van der Waals surface area contributed by atoms with Crippen molar-refractivity contribution in [1.82, 2.24) is 5.32 Å². The number of anilines is 1. The number of carbonyl (C=O) groups is 1. The smallest absolute Gasteiger partial charge is 0.265 e. The van der Waals surface area contributed by atoms with E-state index in [1.807, 2.05) is 0 Å². The van der Waals surface area contributed by atoms with E-state index in [1.54, 1.807) is 12.1 Å². The van der Waals surface area contributed by atoms with Crippen LogP contribution in [0.2, 0.25) is 0 Å². The van der Waals surface area contributed by atoms with Crippen molar-refractivity contribution in [1.29, 1.82) is 0 Å². The van der Waals surface area contributed by atoms with E-state index >= 15 is 0 Å². The second-order valence-corrected chi connectivity index (χ2v) is 4.07. The summed E-state index contributed by atoms with van der Waals surface area (Å²) in [5.41, 5.74) is 0.944. The number of aliphatic hydroxyl groups excluding tert-OH is 1. The lowest BCUT2D eigenvalue weighted by atomic mass is 10.1. The van der Waals surface area contributed by atoms with Crippen LogP contribution in [0.15, 0.2) is 18.2 Å². The van der Waals surface area contributed by atoms with Gasteiger partial charge in [0.05, 0.1) is 11.3 Å². The van der Waals surface area contributed by atoms with Crippen molar-refractivity contribution in [2.24, 2.45) is 0 Å². The summed E-state index contributed by atoms with van der Waals surface area (Å²) in [5.74, 6) is -0.155. The molecule has 0 aromatic heterocycles. The molecule has 19 heavy (non-hydrogen) atoms. The molecule has 104 valence electrons. The summed E-state index contributed by atoms with van der Waals surface area (Å²) in [5, 5.41) is 14.3. The van der Waals surface area contributed by atoms with Crippen LogP contribution in [-0.2, 0) is 0 Å². The van der Waals surface area contributed by atoms with Crippen LogP contribution in [0.1, 0.15) is 10.4 Å². The van der Waals surface area contributed by atoms with Gasteiger partial charge >= 0.3 is 0 Å². The highest BCUT2D eigenvalue weighted by Crippen LogP contribution is 2.30. The van der Waals surface area contributed by atoms with Crippen LogP contribution < -0.4 is 15.4 Å². The number of para-hydroxylation sites is 1. The third kappa shape index (κ3) is 3.11. The number of halogens is 2. The Morgan fingerprint density at radius 3 is 3.05 bits per heavy atom. The van der Waals surface area contributed by atoms with Crippen molar-refractivity contribution in [3.05, 3.63) is 23.8 Å². The van der Waals surface area contributed by atoms with E-state index in [1.165, 1.54) is 6.07 Å². The first-order valence-corrected chi connectivity index (χ1v) is 5.83. The summed E-state index contributed by atoms with van der Waals surface area (Å²) >= 11 is 0. The molecule has 1 aliphatic rings. The van der Waals surface area contributed by atoms with Crippen LogP contribution in [0.25, 0.3) is 0 Å². The van der Waals surface area contributed by atoms with E-state index in [4.69, 9.17) is 9.84 Å². The summed E-state index contributed by atoms with van der Waals surface area (Å²) in [6, 6.07) is 4.97. The largest absolute Gasteiger partial charge is 0.489 e. The zero-order valence-corrected chi connectivity index (χ0v) is 10.0. The van der Waals surface area contributed by atoms with Crippen molar-refractivity contribution in [3.8, 4) is 5.75 Å². The van der Waals surface area contributed by atoms with Crippen LogP contribution in [-0.4, -0.2) is 43.2 Å². The lowest BCUT2D eigenvalue weighted by Gasteiger charge is -2.21. The summed E-state index contributed by atoms with van der Waals surface area (Å²) in [6.45, 7) is 0.562. The molecule has 0 radical (unpaired) electrons. The highest BCUT2D eigenvalue weighted by Gasteiger charge is 2.21. The van der Waals surface area contributed by atoms with Crippen LogP contribution in [0.3, 0.4) is 0 Å². The molecule has 2 rings (SSSR count). The molecule has 0 saturated carbocycles. The molecule has 7 heteroatoms. The van der Waals surface area contributed by atoms with E-state index < -0.39 is 25.0 Å². The van der Waals surface area contributed by atoms with Gasteiger partial charge in [0.1, 0.15) is 12.7 Å². The van der Waals surface area contributed by atoms with Gasteiger partial charge in [0.2, 0.25) is 0 Å². The van der Waals surface area contributed by atoms with Gasteiger partial charge in [-0.2, -0.15) is 0 Å². The van der Waals surface area contributed by atoms with Crippen LogP contribution in [0.4, 0.5) is 14.5 Å². The molecule has 1 heterocycles. The Labute approximate surface area is 108 Å². The molecule has 0 aliphatic carbocycles. The van der Waals surface area contributed by atoms with Crippen molar-refractivity contribution in [2.45, 2.75) is 12.5 Å². The number of alkyl halides is 2. The van der Waals surface area contributed by atoms with Gasteiger partial charge in [-0.25, -0.2) is 8.78 Å². The molecule has 1 unspecified atom stereocenters. The molecular formula is C12H14F2N2O3. The number of amides is 1. The first-order valence-electron chi connectivity index (χ1n) is 5.83. The molecule has 1 amide bonds. The third-order valence-electron chi connectivity index (χ3n) is 2.69. The number of rotatable bonds is 4. The molecule has 1 aliphatic heterocycles. The van der Waals surface area contributed by atoms with Crippen LogP contribution in [0, 0.1) is 0 Å². The van der Waals surface area contributed by atoms with Gasteiger partial charge in [0.25, 0.3) is 12.3 Å². The van der Waals surface area contributed by atoms with Crippen LogP contribution >= 0.6 is 0 Å². The lowest BCUT2D eigenvalue weighted by molar-refractivity contribution is -0.00271. The molecule has 0 saturated heterocycles. The monoisotopic (exact) mass is 272 g/mol. The normalized spacial score (nSPS) is 15.2. The average molecular weight is 272 g/mol. The zero-order chi connectivity index (χ0) is 13.8. The molecule has 1 aromatic rings. The minimum absolute atomic E-state index is 0.256. The predicted octanol–water partition coefficient (Wildman–Crippen LogP) is 0.847. The Kier molecular flexibility index (Phi) is 4.16. The fourth-order valence-electron chi connectivity index (χ4n) is 1.73. The molecule has 0 bridgehead atoms.